The average molecular weight is 279 g/mol. The molecule has 0 unspecified atom stereocenters. The van der Waals surface area contributed by atoms with Crippen molar-refractivity contribution in [1.29, 1.82) is 0 Å². The highest BCUT2D eigenvalue weighted by Gasteiger charge is 2.22. The summed E-state index contributed by atoms with van der Waals surface area (Å²) in [6, 6.07) is 4.45. The van der Waals surface area contributed by atoms with Crippen LogP contribution in [-0.4, -0.2) is 29.5 Å². The van der Waals surface area contributed by atoms with Crippen LogP contribution in [0.1, 0.15) is 5.56 Å². The molecule has 19 heavy (non-hydrogen) atoms. The Hall–Kier alpha value is -2.42. The number of carbonyl (C=O) groups excluding carboxylic acids is 1. The average Bonchev–Trinajstić information content (AvgIpc) is 2.95. The lowest BCUT2D eigenvalue weighted by Gasteiger charge is -2.06. The summed E-state index contributed by atoms with van der Waals surface area (Å²) >= 11 is 0. The zero-order valence-electron chi connectivity index (χ0n) is 9.54. The van der Waals surface area contributed by atoms with Crippen molar-refractivity contribution in [3.05, 3.63) is 30.1 Å². The van der Waals surface area contributed by atoms with Crippen LogP contribution in [0.5, 0.6) is 0 Å². The van der Waals surface area contributed by atoms with Crippen LogP contribution in [-0.2, 0) is 21.2 Å². The fraction of sp³-hybridized carbons (Fsp3) is 0.100. The molecule has 0 radical (unpaired) electrons. The Balaban J connectivity index is 1.94. The van der Waals surface area contributed by atoms with Gasteiger partial charge in [0.15, 0.2) is 0 Å². The fourth-order valence-electron chi connectivity index (χ4n) is 1.81. The second kappa shape index (κ2) is 4.05. The molecule has 98 valence electrons. The van der Waals surface area contributed by atoms with Gasteiger partial charge in [-0.15, -0.1) is 0 Å². The predicted molar refractivity (Wildman–Crippen MR) is 66.0 cm³/mol. The van der Waals surface area contributed by atoms with E-state index in [-0.39, 0.29) is 23.2 Å². The molecule has 1 amide bonds. The quantitative estimate of drug-likeness (QED) is 0.736. The van der Waals surface area contributed by atoms with E-state index in [9.17, 15) is 13.2 Å². The zero-order chi connectivity index (χ0) is 13.5. The molecule has 1 aliphatic heterocycles. The van der Waals surface area contributed by atoms with Gasteiger partial charge in [-0.2, -0.15) is 10.1 Å². The summed E-state index contributed by atoms with van der Waals surface area (Å²) < 4.78 is 26.4. The van der Waals surface area contributed by atoms with Crippen LogP contribution >= 0.6 is 0 Å². The van der Waals surface area contributed by atoms with Crippen molar-refractivity contribution in [3.63, 3.8) is 0 Å². The number of carbonyl (C=O) groups is 1. The highest BCUT2D eigenvalue weighted by molar-refractivity contribution is 7.92. The number of sulfonamides is 1. The van der Waals surface area contributed by atoms with Gasteiger partial charge in [-0.1, -0.05) is 0 Å². The molecular weight excluding hydrogens is 270 g/mol. The van der Waals surface area contributed by atoms with E-state index in [4.69, 9.17) is 0 Å². The van der Waals surface area contributed by atoms with E-state index < -0.39 is 10.0 Å². The summed E-state index contributed by atoms with van der Waals surface area (Å²) in [4.78, 5) is 15.0. The molecule has 0 saturated carbocycles. The second-order valence-electron chi connectivity index (χ2n) is 3.98. The first-order valence-electron chi connectivity index (χ1n) is 5.35. The standard InChI is InChI=1S/C10H9N5O3S/c16-9-4-6-3-7(1-2-8(6)13-9)19(17,18)15-10-11-5-12-14-10/h1-3,5H,4H2,(H,13,16)(H2,11,12,14,15). The van der Waals surface area contributed by atoms with Gasteiger partial charge in [0, 0.05) is 5.69 Å². The largest absolute Gasteiger partial charge is 0.326 e. The molecule has 3 N–H and O–H groups in total. The molecule has 9 heteroatoms. The van der Waals surface area contributed by atoms with E-state index in [0.717, 1.165) is 0 Å². The van der Waals surface area contributed by atoms with Gasteiger partial charge in [-0.3, -0.25) is 4.79 Å². The maximum absolute atomic E-state index is 12.1. The molecule has 0 bridgehead atoms. The van der Waals surface area contributed by atoms with Crippen LogP contribution in [0.4, 0.5) is 11.6 Å². The molecule has 1 aromatic heterocycles. The number of nitrogens with zero attached hydrogens (tertiary/aromatic N) is 2. The first kappa shape index (κ1) is 11.7. The summed E-state index contributed by atoms with van der Waals surface area (Å²) in [5.41, 5.74) is 1.30. The molecule has 0 spiro atoms. The number of rotatable bonds is 3. The molecule has 3 rings (SSSR count). The number of aromatic nitrogens is 3. The Morgan fingerprint density at radius 2 is 2.16 bits per heavy atom. The molecule has 1 aromatic carbocycles. The highest BCUT2D eigenvalue weighted by atomic mass is 32.2. The number of benzene rings is 1. The molecule has 0 saturated heterocycles. The Kier molecular flexibility index (Phi) is 2.49. The Labute approximate surface area is 108 Å². The number of aromatic amines is 1. The Bertz CT molecular complexity index is 739. The smallest absolute Gasteiger partial charge is 0.264 e. The van der Waals surface area contributed by atoms with Gasteiger partial charge >= 0.3 is 0 Å². The van der Waals surface area contributed by atoms with Gasteiger partial charge in [0.2, 0.25) is 11.9 Å². The van der Waals surface area contributed by atoms with E-state index in [1.54, 1.807) is 6.07 Å². The molecule has 0 aliphatic carbocycles. The van der Waals surface area contributed by atoms with Crippen LogP contribution in [0.3, 0.4) is 0 Å². The van der Waals surface area contributed by atoms with Crippen molar-refractivity contribution in [1.82, 2.24) is 15.2 Å². The Morgan fingerprint density at radius 3 is 2.89 bits per heavy atom. The van der Waals surface area contributed by atoms with Gasteiger partial charge in [-0.05, 0) is 23.8 Å². The summed E-state index contributed by atoms with van der Waals surface area (Å²) in [6.45, 7) is 0. The predicted octanol–water partition coefficient (Wildman–Crippen LogP) is 0.100. The van der Waals surface area contributed by atoms with Crippen molar-refractivity contribution < 1.29 is 13.2 Å². The number of hydrogen-bond donors (Lipinski definition) is 3. The van der Waals surface area contributed by atoms with Gasteiger partial charge < -0.3 is 5.32 Å². The zero-order valence-corrected chi connectivity index (χ0v) is 10.4. The van der Waals surface area contributed by atoms with Gasteiger partial charge in [0.05, 0.1) is 11.3 Å². The third-order valence-corrected chi connectivity index (χ3v) is 3.99. The van der Waals surface area contributed by atoms with Crippen molar-refractivity contribution in [3.8, 4) is 0 Å². The van der Waals surface area contributed by atoms with Gasteiger partial charge in [-0.25, -0.2) is 18.2 Å². The second-order valence-corrected chi connectivity index (χ2v) is 5.67. The first-order valence-corrected chi connectivity index (χ1v) is 6.84. The summed E-state index contributed by atoms with van der Waals surface area (Å²) in [5, 5.41) is 8.59. The third kappa shape index (κ3) is 2.15. The number of hydrogen-bond acceptors (Lipinski definition) is 5. The van der Waals surface area contributed by atoms with E-state index in [1.807, 2.05) is 0 Å². The van der Waals surface area contributed by atoms with Gasteiger partial charge in [0.25, 0.3) is 10.0 Å². The topological polar surface area (TPSA) is 117 Å². The minimum absolute atomic E-state index is 0.0368. The minimum atomic E-state index is -3.75. The summed E-state index contributed by atoms with van der Waals surface area (Å²) in [5.74, 6) is -0.109. The molecule has 2 heterocycles. The normalized spacial score (nSPS) is 14.0. The molecule has 1 aliphatic rings. The lowest BCUT2D eigenvalue weighted by Crippen LogP contribution is -2.14. The van der Waals surface area contributed by atoms with Crippen LogP contribution in [0.15, 0.2) is 29.4 Å². The highest BCUT2D eigenvalue weighted by Crippen LogP contribution is 2.26. The van der Waals surface area contributed by atoms with E-state index in [1.165, 1.54) is 18.5 Å². The molecule has 0 fully saturated rings. The number of amides is 1. The lowest BCUT2D eigenvalue weighted by molar-refractivity contribution is -0.115. The minimum Gasteiger partial charge on any atom is -0.326 e. The van der Waals surface area contributed by atoms with E-state index in [0.29, 0.717) is 11.3 Å². The summed E-state index contributed by atoms with van der Waals surface area (Å²) in [6.07, 6.45) is 1.38. The number of anilines is 2. The fourth-order valence-corrected chi connectivity index (χ4v) is 2.83. The first-order chi connectivity index (χ1) is 9.04. The van der Waals surface area contributed by atoms with Gasteiger partial charge in [0.1, 0.15) is 6.33 Å². The Morgan fingerprint density at radius 1 is 1.32 bits per heavy atom. The van der Waals surface area contributed by atoms with Crippen LogP contribution in [0, 0.1) is 0 Å². The molecule has 8 nitrogen and oxygen atoms in total. The lowest BCUT2D eigenvalue weighted by atomic mass is 10.2. The SMILES string of the molecule is O=C1Cc2cc(S(=O)(=O)Nc3ncn[nH]3)ccc2N1. The van der Waals surface area contributed by atoms with E-state index >= 15 is 0 Å². The monoisotopic (exact) mass is 279 g/mol. The summed E-state index contributed by atoms with van der Waals surface area (Å²) in [7, 11) is -3.75. The maximum Gasteiger partial charge on any atom is 0.264 e. The number of H-pyrrole nitrogens is 1. The molecule has 2 aromatic rings. The van der Waals surface area contributed by atoms with Crippen molar-refractivity contribution in [2.45, 2.75) is 11.3 Å². The van der Waals surface area contributed by atoms with Crippen molar-refractivity contribution >= 4 is 27.6 Å². The maximum atomic E-state index is 12.1. The van der Waals surface area contributed by atoms with Crippen LogP contribution in [0.2, 0.25) is 0 Å². The van der Waals surface area contributed by atoms with Crippen LogP contribution < -0.4 is 10.0 Å². The van der Waals surface area contributed by atoms with Crippen molar-refractivity contribution in [2.75, 3.05) is 10.0 Å². The van der Waals surface area contributed by atoms with Crippen LogP contribution in [0.25, 0.3) is 0 Å². The number of fused-ring (bicyclic) bond motifs is 1. The van der Waals surface area contributed by atoms with Crippen molar-refractivity contribution in [2.24, 2.45) is 0 Å². The third-order valence-electron chi connectivity index (χ3n) is 2.66. The molecular formula is C10H9N5O3S. The molecule has 0 atom stereocenters. The number of nitrogens with one attached hydrogen (secondary N) is 3. The van der Waals surface area contributed by atoms with E-state index in [2.05, 4.69) is 25.2 Å².